The van der Waals surface area contributed by atoms with Crippen LogP contribution in [0.15, 0.2) is 157 Å². The van der Waals surface area contributed by atoms with Crippen molar-refractivity contribution in [1.82, 2.24) is 0 Å². The first-order chi connectivity index (χ1) is 29.7. The van der Waals surface area contributed by atoms with E-state index in [2.05, 4.69) is 52.0 Å². The fourth-order valence-corrected chi connectivity index (χ4v) is 8.24. The fraction of sp³-hybridized carbons (Fsp3) is 0.160. The molecule has 0 fully saturated rings. The summed E-state index contributed by atoms with van der Waals surface area (Å²) in [6, 6.07) is 18.1. The molecule has 0 aliphatic heterocycles. The molecule has 0 saturated carbocycles. The summed E-state index contributed by atoms with van der Waals surface area (Å²) in [7, 11) is 0. The molecule has 1 aliphatic carbocycles. The molecule has 242 valence electrons. The molecule has 9 rings (SSSR count). The molecule has 8 aromatic rings. The molecule has 0 bridgehead atoms. The summed E-state index contributed by atoms with van der Waals surface area (Å²) in [5, 5.41) is 0.796. The fourth-order valence-electron chi connectivity index (χ4n) is 8.24. The van der Waals surface area contributed by atoms with E-state index in [4.69, 9.17) is 12.3 Å². The summed E-state index contributed by atoms with van der Waals surface area (Å²) in [5.41, 5.74) is 6.22. The first-order valence-corrected chi connectivity index (χ1v) is 17.0. The minimum absolute atomic E-state index is 0.106. The topological polar surface area (TPSA) is 0 Å². The molecule has 0 N–H and O–H groups in total. The van der Waals surface area contributed by atoms with Crippen LogP contribution in [0.5, 0.6) is 0 Å². The standard InChI is InChI=1S/C50H42/c1-49(2)31-32-50(3,4)48-44(30-27-35(47(48)49)33-17-7-5-8-18-33)38-28-29-43(37-22-12-11-21-36(37)38)46-41-25-15-13-23-39(41)45(34-19-9-6-10-20-34)40-24-14-16-26-42(40)46/h5-30H,31-32H2,1-4H3/i6D,9D,10D,13D,14D,15D,16D,19D,20D,23D,24D,25D,26D. The third-order valence-corrected chi connectivity index (χ3v) is 10.6. The Balaban J connectivity index is 1.48. The summed E-state index contributed by atoms with van der Waals surface area (Å²) in [5.74, 6) is 0. The van der Waals surface area contributed by atoms with Crippen molar-refractivity contribution in [3.05, 3.63) is 169 Å². The van der Waals surface area contributed by atoms with Gasteiger partial charge >= 0.3 is 0 Å². The molecular formula is C50H42. The van der Waals surface area contributed by atoms with Gasteiger partial charge in [0.15, 0.2) is 0 Å². The van der Waals surface area contributed by atoms with E-state index >= 15 is 0 Å². The van der Waals surface area contributed by atoms with E-state index < -0.39 is 84.1 Å². The second kappa shape index (κ2) is 11.6. The Morgan fingerprint density at radius 3 is 1.42 bits per heavy atom. The summed E-state index contributed by atoms with van der Waals surface area (Å²) in [6.45, 7) is 9.16. The van der Waals surface area contributed by atoms with Crippen molar-refractivity contribution in [3.63, 3.8) is 0 Å². The average Bonchev–Trinajstić information content (AvgIpc) is 3.28. The lowest BCUT2D eigenvalue weighted by atomic mass is 9.60. The zero-order valence-corrected chi connectivity index (χ0v) is 28.4. The van der Waals surface area contributed by atoms with Gasteiger partial charge in [0.25, 0.3) is 0 Å². The molecule has 0 nitrogen and oxygen atoms in total. The summed E-state index contributed by atoms with van der Waals surface area (Å²) < 4.78 is 117. The molecule has 0 heteroatoms. The zero-order chi connectivity index (χ0) is 45.3. The van der Waals surface area contributed by atoms with Crippen molar-refractivity contribution in [3.8, 4) is 44.5 Å². The molecular weight excluding hydrogens is 601 g/mol. The van der Waals surface area contributed by atoms with E-state index in [1.54, 1.807) is 0 Å². The van der Waals surface area contributed by atoms with Crippen molar-refractivity contribution in [2.75, 3.05) is 0 Å². The van der Waals surface area contributed by atoms with Gasteiger partial charge in [0.05, 0.1) is 17.8 Å². The highest BCUT2D eigenvalue weighted by Crippen LogP contribution is 2.54. The lowest BCUT2D eigenvalue weighted by Gasteiger charge is -2.44. The van der Waals surface area contributed by atoms with E-state index in [0.29, 0.717) is 10.9 Å². The molecule has 0 amide bonds. The van der Waals surface area contributed by atoms with E-state index in [-0.39, 0.29) is 43.5 Å². The highest BCUT2D eigenvalue weighted by molar-refractivity contribution is 6.24. The lowest BCUT2D eigenvalue weighted by molar-refractivity contribution is 0.333. The third-order valence-electron chi connectivity index (χ3n) is 10.6. The molecule has 1 aliphatic rings. The first-order valence-electron chi connectivity index (χ1n) is 23.5. The molecule has 0 spiro atoms. The van der Waals surface area contributed by atoms with Crippen molar-refractivity contribution in [2.24, 2.45) is 0 Å². The van der Waals surface area contributed by atoms with E-state index in [1.807, 2.05) is 54.6 Å². The number of benzene rings is 8. The molecule has 0 atom stereocenters. The van der Waals surface area contributed by atoms with Crippen LogP contribution in [0.2, 0.25) is 0 Å². The Morgan fingerprint density at radius 2 is 0.820 bits per heavy atom. The molecule has 0 saturated heterocycles. The third kappa shape index (κ3) is 4.73. The predicted octanol–water partition coefficient (Wildman–Crippen LogP) is 14.2. The monoisotopic (exact) mass is 655 g/mol. The van der Waals surface area contributed by atoms with Gasteiger partial charge in [0.1, 0.15) is 0 Å². The molecule has 0 radical (unpaired) electrons. The van der Waals surface area contributed by atoms with Crippen LogP contribution >= 0.6 is 0 Å². The van der Waals surface area contributed by atoms with E-state index in [0.717, 1.165) is 34.9 Å². The molecule has 8 aromatic carbocycles. The van der Waals surface area contributed by atoms with Crippen LogP contribution in [0.1, 0.15) is 69.5 Å². The van der Waals surface area contributed by atoms with Gasteiger partial charge < -0.3 is 0 Å². The van der Waals surface area contributed by atoms with Crippen LogP contribution in [0, 0.1) is 0 Å². The molecule has 0 heterocycles. The van der Waals surface area contributed by atoms with Gasteiger partial charge in [-0.1, -0.05) is 185 Å². The van der Waals surface area contributed by atoms with Gasteiger partial charge in [0.2, 0.25) is 0 Å². The quantitative estimate of drug-likeness (QED) is 0.166. The number of hydrogen-bond donors (Lipinski definition) is 0. The molecule has 50 heavy (non-hydrogen) atoms. The Hall–Kier alpha value is -5.46. The van der Waals surface area contributed by atoms with Gasteiger partial charge in [-0.25, -0.2) is 0 Å². The highest BCUT2D eigenvalue weighted by Gasteiger charge is 2.41. The van der Waals surface area contributed by atoms with Gasteiger partial charge in [-0.15, -0.1) is 0 Å². The minimum Gasteiger partial charge on any atom is -0.0622 e. The second-order valence-corrected chi connectivity index (χ2v) is 14.5. The highest BCUT2D eigenvalue weighted by atomic mass is 14.4. The Kier molecular flexibility index (Phi) is 4.55. The molecule has 0 aromatic heterocycles. The minimum atomic E-state index is -0.704. The van der Waals surface area contributed by atoms with Crippen molar-refractivity contribution >= 4 is 32.3 Å². The summed E-state index contributed by atoms with van der Waals surface area (Å²) >= 11 is 0. The first kappa shape index (κ1) is 19.7. The largest absolute Gasteiger partial charge is 0.0629 e. The molecule has 0 unspecified atom stereocenters. The maximum Gasteiger partial charge on any atom is 0.0629 e. The SMILES string of the molecule is [2H]c1c([2H])c([2H])c(-c2c3c([2H])c([2H])c([2H])c([2H])c3c(-c3ccc(-c4ccc(-c5ccccc5)c5c4C(C)(C)CCC5(C)C)c4ccccc34)c3c([2H])c([2H])c([2H])c([2H])c23)c([2H])c1[2H]. The van der Waals surface area contributed by atoms with Crippen LogP contribution in [0.25, 0.3) is 76.8 Å². The normalized spacial score (nSPS) is 18.6. The summed E-state index contributed by atoms with van der Waals surface area (Å²) in [6.07, 6.45) is 1.95. The Bertz CT molecular complexity index is 3200. The number of hydrogen-bond acceptors (Lipinski definition) is 0. The Labute approximate surface area is 314 Å². The van der Waals surface area contributed by atoms with Crippen LogP contribution in [0.4, 0.5) is 0 Å². The van der Waals surface area contributed by atoms with Crippen molar-refractivity contribution < 1.29 is 17.8 Å². The van der Waals surface area contributed by atoms with Gasteiger partial charge in [-0.3, -0.25) is 0 Å². The van der Waals surface area contributed by atoms with Crippen LogP contribution in [-0.2, 0) is 10.8 Å². The van der Waals surface area contributed by atoms with Gasteiger partial charge in [0, 0.05) is 0 Å². The lowest BCUT2D eigenvalue weighted by Crippen LogP contribution is -2.35. The van der Waals surface area contributed by atoms with Crippen molar-refractivity contribution in [1.29, 1.82) is 0 Å². The smallest absolute Gasteiger partial charge is 0.0622 e. The van der Waals surface area contributed by atoms with Gasteiger partial charge in [-0.05, 0) is 112 Å². The Morgan fingerprint density at radius 1 is 0.380 bits per heavy atom. The van der Waals surface area contributed by atoms with Gasteiger partial charge in [-0.2, -0.15) is 0 Å². The zero-order valence-electron chi connectivity index (χ0n) is 41.4. The van der Waals surface area contributed by atoms with E-state index in [9.17, 15) is 5.48 Å². The van der Waals surface area contributed by atoms with Crippen LogP contribution in [0.3, 0.4) is 0 Å². The number of fused-ring (bicyclic) bond motifs is 4. The van der Waals surface area contributed by atoms with Crippen LogP contribution in [-0.4, -0.2) is 0 Å². The van der Waals surface area contributed by atoms with E-state index in [1.165, 1.54) is 16.7 Å². The maximum absolute atomic E-state index is 9.48. The average molecular weight is 656 g/mol. The maximum atomic E-state index is 9.48. The van der Waals surface area contributed by atoms with Crippen molar-refractivity contribution in [2.45, 2.75) is 51.4 Å². The van der Waals surface area contributed by atoms with Crippen LogP contribution < -0.4 is 0 Å². The number of rotatable bonds is 4. The summed E-state index contributed by atoms with van der Waals surface area (Å²) in [4.78, 5) is 0. The second-order valence-electron chi connectivity index (χ2n) is 14.5. The predicted molar refractivity (Wildman–Crippen MR) is 216 cm³/mol.